The molecule has 1 aliphatic rings. The van der Waals surface area contributed by atoms with Gasteiger partial charge in [-0.2, -0.15) is 0 Å². The van der Waals surface area contributed by atoms with Crippen LogP contribution < -0.4 is 0 Å². The summed E-state index contributed by atoms with van der Waals surface area (Å²) in [6.07, 6.45) is 10.4. The Kier molecular flexibility index (Phi) is 5.87. The third-order valence-electron chi connectivity index (χ3n) is 2.15. The van der Waals surface area contributed by atoms with Crippen molar-refractivity contribution in [2.45, 2.75) is 45.3 Å². The molecule has 1 saturated heterocycles. The number of ether oxygens (including phenoxy) is 2. The van der Waals surface area contributed by atoms with Crippen molar-refractivity contribution in [2.24, 2.45) is 0 Å². The zero-order valence-corrected chi connectivity index (χ0v) is 8.50. The highest BCUT2D eigenvalue weighted by molar-refractivity contribution is 4.79. The Morgan fingerprint density at radius 3 is 2.62 bits per heavy atom. The molecule has 0 aromatic rings. The molecule has 0 bridgehead atoms. The van der Waals surface area contributed by atoms with Crippen LogP contribution in [0.25, 0.3) is 0 Å². The van der Waals surface area contributed by atoms with Gasteiger partial charge in [-0.15, -0.1) is 0 Å². The van der Waals surface area contributed by atoms with E-state index >= 15 is 0 Å². The predicted molar refractivity (Wildman–Crippen MR) is 53.6 cm³/mol. The monoisotopic (exact) mass is 184 g/mol. The van der Waals surface area contributed by atoms with Crippen LogP contribution in [-0.2, 0) is 9.47 Å². The minimum absolute atomic E-state index is 0.0927. The van der Waals surface area contributed by atoms with Gasteiger partial charge < -0.3 is 9.47 Å². The molecule has 1 aliphatic heterocycles. The van der Waals surface area contributed by atoms with Crippen molar-refractivity contribution in [1.82, 2.24) is 0 Å². The molecule has 1 heterocycles. The first kappa shape index (κ1) is 10.7. The predicted octanol–water partition coefficient (Wildman–Crippen LogP) is 2.89. The second-order valence-corrected chi connectivity index (χ2v) is 3.34. The molecule has 0 atom stereocenters. The molecule has 0 saturated carbocycles. The van der Waals surface area contributed by atoms with E-state index in [0.29, 0.717) is 0 Å². The lowest BCUT2D eigenvalue weighted by molar-refractivity contribution is -0.0478. The quantitative estimate of drug-likeness (QED) is 0.467. The minimum atomic E-state index is 0.0927. The summed E-state index contributed by atoms with van der Waals surface area (Å²) >= 11 is 0. The second-order valence-electron chi connectivity index (χ2n) is 3.34. The first-order chi connectivity index (χ1) is 6.43. The molecule has 1 rings (SSSR count). The molecular weight excluding hydrogens is 164 g/mol. The topological polar surface area (TPSA) is 18.5 Å². The van der Waals surface area contributed by atoms with Gasteiger partial charge in [0.15, 0.2) is 6.29 Å². The lowest BCUT2D eigenvalue weighted by Crippen LogP contribution is -2.06. The fourth-order valence-electron chi connectivity index (χ4n) is 1.43. The van der Waals surface area contributed by atoms with E-state index in [1.54, 1.807) is 0 Å². The Balaban J connectivity index is 1.86. The maximum absolute atomic E-state index is 5.34. The van der Waals surface area contributed by atoms with Crippen molar-refractivity contribution in [1.29, 1.82) is 0 Å². The van der Waals surface area contributed by atoms with Gasteiger partial charge in [-0.1, -0.05) is 19.1 Å². The number of unbranched alkanes of at least 4 members (excludes halogenated alkanes) is 2. The molecule has 2 nitrogen and oxygen atoms in total. The number of hydrogen-bond donors (Lipinski definition) is 0. The summed E-state index contributed by atoms with van der Waals surface area (Å²) < 4.78 is 10.7. The van der Waals surface area contributed by atoms with Gasteiger partial charge in [0.25, 0.3) is 0 Å². The standard InChI is InChI=1S/C11H20O2/c1-2-3-4-5-6-7-8-11-12-9-10-13-11/h3-4,11H,2,5-10H2,1H3/b4-3+. The molecule has 2 heteroatoms. The minimum Gasteiger partial charge on any atom is -0.350 e. The van der Waals surface area contributed by atoms with E-state index in [0.717, 1.165) is 26.1 Å². The van der Waals surface area contributed by atoms with Gasteiger partial charge in [-0.05, 0) is 32.1 Å². The molecule has 0 unspecified atom stereocenters. The normalized spacial score (nSPS) is 18.8. The molecule has 76 valence electrons. The first-order valence-electron chi connectivity index (χ1n) is 5.31. The van der Waals surface area contributed by atoms with Crippen molar-refractivity contribution in [2.75, 3.05) is 13.2 Å². The average Bonchev–Trinajstić information content (AvgIpc) is 2.63. The largest absolute Gasteiger partial charge is 0.350 e. The highest BCUT2D eigenvalue weighted by Crippen LogP contribution is 2.12. The molecule has 13 heavy (non-hydrogen) atoms. The molecule has 0 aliphatic carbocycles. The van der Waals surface area contributed by atoms with E-state index in [-0.39, 0.29) is 6.29 Å². The summed E-state index contributed by atoms with van der Waals surface area (Å²) in [6, 6.07) is 0. The molecule has 0 aromatic heterocycles. The van der Waals surface area contributed by atoms with E-state index in [1.807, 2.05) is 0 Å². The van der Waals surface area contributed by atoms with Gasteiger partial charge in [0.2, 0.25) is 0 Å². The SMILES string of the molecule is CC/C=C/CCCCC1OCCO1. The Bertz CT molecular complexity index is 137. The lowest BCUT2D eigenvalue weighted by atomic mass is 10.2. The number of rotatable bonds is 6. The zero-order valence-electron chi connectivity index (χ0n) is 8.50. The summed E-state index contributed by atoms with van der Waals surface area (Å²) in [4.78, 5) is 0. The van der Waals surface area contributed by atoms with Crippen molar-refractivity contribution in [3.8, 4) is 0 Å². The highest BCUT2D eigenvalue weighted by Gasteiger charge is 2.14. The molecule has 0 amide bonds. The Labute approximate surface area is 80.9 Å². The molecule has 1 fully saturated rings. The van der Waals surface area contributed by atoms with Crippen LogP contribution in [0.2, 0.25) is 0 Å². The van der Waals surface area contributed by atoms with Gasteiger partial charge in [0.1, 0.15) is 0 Å². The van der Waals surface area contributed by atoms with Gasteiger partial charge >= 0.3 is 0 Å². The van der Waals surface area contributed by atoms with Gasteiger partial charge in [-0.3, -0.25) is 0 Å². The third kappa shape index (κ3) is 5.06. The summed E-state index contributed by atoms with van der Waals surface area (Å²) in [7, 11) is 0. The molecule has 0 spiro atoms. The van der Waals surface area contributed by atoms with Crippen molar-refractivity contribution in [3.63, 3.8) is 0 Å². The number of allylic oxidation sites excluding steroid dienone is 2. The Morgan fingerprint density at radius 1 is 1.15 bits per heavy atom. The van der Waals surface area contributed by atoms with Gasteiger partial charge in [-0.25, -0.2) is 0 Å². The van der Waals surface area contributed by atoms with Crippen LogP contribution >= 0.6 is 0 Å². The number of hydrogen-bond acceptors (Lipinski definition) is 2. The zero-order chi connectivity index (χ0) is 9.36. The fourth-order valence-corrected chi connectivity index (χ4v) is 1.43. The summed E-state index contributed by atoms with van der Waals surface area (Å²) in [5.41, 5.74) is 0. The summed E-state index contributed by atoms with van der Waals surface area (Å²) in [5.74, 6) is 0. The van der Waals surface area contributed by atoms with Crippen LogP contribution in [0.3, 0.4) is 0 Å². The van der Waals surface area contributed by atoms with Gasteiger partial charge in [0, 0.05) is 0 Å². The van der Waals surface area contributed by atoms with Crippen LogP contribution in [0.5, 0.6) is 0 Å². The first-order valence-corrected chi connectivity index (χ1v) is 5.31. The average molecular weight is 184 g/mol. The summed E-state index contributed by atoms with van der Waals surface area (Å²) in [5, 5.41) is 0. The van der Waals surface area contributed by atoms with E-state index < -0.39 is 0 Å². The van der Waals surface area contributed by atoms with Crippen LogP contribution in [0.15, 0.2) is 12.2 Å². The van der Waals surface area contributed by atoms with E-state index in [1.165, 1.54) is 19.3 Å². The highest BCUT2D eigenvalue weighted by atomic mass is 16.7. The van der Waals surface area contributed by atoms with E-state index in [9.17, 15) is 0 Å². The maximum atomic E-state index is 5.34. The maximum Gasteiger partial charge on any atom is 0.157 e. The molecule has 0 aromatic carbocycles. The smallest absolute Gasteiger partial charge is 0.157 e. The fraction of sp³-hybridized carbons (Fsp3) is 0.818. The molecule has 0 N–H and O–H groups in total. The third-order valence-corrected chi connectivity index (χ3v) is 2.15. The Morgan fingerprint density at radius 2 is 1.92 bits per heavy atom. The lowest BCUT2D eigenvalue weighted by Gasteiger charge is -2.06. The van der Waals surface area contributed by atoms with Crippen molar-refractivity contribution >= 4 is 0 Å². The Hall–Kier alpha value is -0.340. The van der Waals surface area contributed by atoms with Gasteiger partial charge in [0.05, 0.1) is 13.2 Å². The molecular formula is C11H20O2. The van der Waals surface area contributed by atoms with Crippen molar-refractivity contribution in [3.05, 3.63) is 12.2 Å². The van der Waals surface area contributed by atoms with Crippen LogP contribution in [-0.4, -0.2) is 19.5 Å². The summed E-state index contributed by atoms with van der Waals surface area (Å²) in [6.45, 7) is 3.72. The van der Waals surface area contributed by atoms with E-state index in [2.05, 4.69) is 19.1 Å². The van der Waals surface area contributed by atoms with Crippen LogP contribution in [0.4, 0.5) is 0 Å². The van der Waals surface area contributed by atoms with Crippen LogP contribution in [0, 0.1) is 0 Å². The molecule has 0 radical (unpaired) electrons. The van der Waals surface area contributed by atoms with Crippen molar-refractivity contribution < 1.29 is 9.47 Å². The van der Waals surface area contributed by atoms with Crippen LogP contribution in [0.1, 0.15) is 39.0 Å². The van der Waals surface area contributed by atoms with E-state index in [4.69, 9.17) is 9.47 Å². The second kappa shape index (κ2) is 7.10.